The summed E-state index contributed by atoms with van der Waals surface area (Å²) in [5.74, 6) is 0.805. The number of hydrogen-bond donors (Lipinski definition) is 0. The first kappa shape index (κ1) is 27.8. The van der Waals surface area contributed by atoms with Crippen molar-refractivity contribution in [3.63, 3.8) is 0 Å². The average molecular weight is 571 g/mol. The molecule has 2 aromatic heterocycles. The number of carbonyl (C=O) groups is 1. The van der Waals surface area contributed by atoms with E-state index in [4.69, 9.17) is 19.2 Å². The Kier molecular flexibility index (Phi) is 8.29. The molecule has 1 atom stereocenters. The number of piperidine rings is 1. The summed E-state index contributed by atoms with van der Waals surface area (Å²) in [5.41, 5.74) is 0.998. The summed E-state index contributed by atoms with van der Waals surface area (Å²) < 4.78 is 47.0. The van der Waals surface area contributed by atoms with Gasteiger partial charge in [-0.2, -0.15) is 9.97 Å². The minimum Gasteiger partial charge on any atom is -0.474 e. The number of benzene rings is 1. The number of methoxy groups -OCH3 is 1. The molecule has 0 spiro atoms. The third-order valence-electron chi connectivity index (χ3n) is 8.32. The maximum atomic E-state index is 14.1. The molecule has 3 aromatic rings. The van der Waals surface area contributed by atoms with Gasteiger partial charge in [-0.25, -0.2) is 13.8 Å². The van der Waals surface area contributed by atoms with Gasteiger partial charge in [-0.05, 0) is 50.7 Å². The van der Waals surface area contributed by atoms with E-state index in [9.17, 15) is 13.6 Å². The second-order valence-electron chi connectivity index (χ2n) is 10.9. The zero-order chi connectivity index (χ0) is 28.3. The van der Waals surface area contributed by atoms with Crippen molar-refractivity contribution >= 4 is 22.9 Å². The molecule has 3 aliphatic rings. The number of hydrogen-bond acceptors (Lipinski definition) is 8. The van der Waals surface area contributed by atoms with E-state index in [1.807, 2.05) is 9.80 Å². The monoisotopic (exact) mass is 570 g/mol. The highest BCUT2D eigenvalue weighted by Gasteiger charge is 2.33. The second kappa shape index (κ2) is 12.2. The summed E-state index contributed by atoms with van der Waals surface area (Å²) >= 11 is 0. The van der Waals surface area contributed by atoms with E-state index in [0.717, 1.165) is 32.2 Å². The van der Waals surface area contributed by atoms with Gasteiger partial charge in [0.25, 0.3) is 6.43 Å². The highest BCUT2D eigenvalue weighted by molar-refractivity contribution is 5.79. The molecule has 10 nitrogen and oxygen atoms in total. The van der Waals surface area contributed by atoms with Crippen molar-refractivity contribution in [1.29, 1.82) is 0 Å². The minimum absolute atomic E-state index is 0.0266. The second-order valence-corrected chi connectivity index (χ2v) is 10.9. The molecule has 12 heteroatoms. The molecule has 3 fully saturated rings. The molecule has 1 amide bonds. The number of nitrogens with zero attached hydrogens (tertiary/aromatic N) is 6. The Labute approximate surface area is 237 Å². The van der Waals surface area contributed by atoms with Gasteiger partial charge in [-0.15, -0.1) is 0 Å². The molecule has 1 aliphatic carbocycles. The van der Waals surface area contributed by atoms with Crippen molar-refractivity contribution in [2.45, 2.75) is 57.2 Å². The Bertz CT molecular complexity index is 1360. The summed E-state index contributed by atoms with van der Waals surface area (Å²) in [6, 6.07) is 8.62. The topological polar surface area (TPSA) is 94.8 Å². The predicted octanol–water partition coefficient (Wildman–Crippen LogP) is 4.16. The lowest BCUT2D eigenvalue weighted by Crippen LogP contribution is -2.46. The Morgan fingerprint density at radius 2 is 1.78 bits per heavy atom. The van der Waals surface area contributed by atoms with E-state index in [2.05, 4.69) is 9.97 Å². The summed E-state index contributed by atoms with van der Waals surface area (Å²) in [6.07, 6.45) is 2.01. The molecule has 0 bridgehead atoms. The van der Waals surface area contributed by atoms with Crippen LogP contribution in [0.15, 0.2) is 30.3 Å². The van der Waals surface area contributed by atoms with Crippen molar-refractivity contribution < 1.29 is 27.8 Å². The first-order valence-corrected chi connectivity index (χ1v) is 14.5. The van der Waals surface area contributed by atoms with E-state index in [0.29, 0.717) is 68.6 Å². The zero-order valence-electron chi connectivity index (χ0n) is 23.3. The van der Waals surface area contributed by atoms with Crippen LogP contribution in [-0.4, -0.2) is 89.0 Å². The number of aromatic nitrogens is 4. The highest BCUT2D eigenvalue weighted by Crippen LogP contribution is 2.33. The van der Waals surface area contributed by atoms with Gasteiger partial charge < -0.3 is 24.0 Å². The molecule has 2 saturated heterocycles. The summed E-state index contributed by atoms with van der Waals surface area (Å²) in [6.45, 7) is 3.67. The summed E-state index contributed by atoms with van der Waals surface area (Å²) in [5, 5.41) is 0. The van der Waals surface area contributed by atoms with Crippen LogP contribution in [0.5, 0.6) is 5.88 Å². The van der Waals surface area contributed by atoms with Crippen molar-refractivity contribution in [3.8, 4) is 11.7 Å². The molecule has 1 unspecified atom stereocenters. The molecule has 4 heterocycles. The Morgan fingerprint density at radius 1 is 1.00 bits per heavy atom. The van der Waals surface area contributed by atoms with Crippen LogP contribution in [-0.2, 0) is 14.3 Å². The Hall–Kier alpha value is -3.38. The average Bonchev–Trinajstić information content (AvgIpc) is 3.42. The maximum Gasteiger partial charge on any atom is 0.296 e. The van der Waals surface area contributed by atoms with Crippen molar-refractivity contribution in [2.75, 3.05) is 51.4 Å². The van der Waals surface area contributed by atoms with Gasteiger partial charge in [0, 0.05) is 45.3 Å². The van der Waals surface area contributed by atoms with Crippen LogP contribution in [0.25, 0.3) is 16.9 Å². The van der Waals surface area contributed by atoms with Crippen LogP contribution in [0.2, 0.25) is 0 Å². The summed E-state index contributed by atoms with van der Waals surface area (Å²) in [4.78, 5) is 30.7. The van der Waals surface area contributed by atoms with Gasteiger partial charge in [0.2, 0.25) is 17.7 Å². The van der Waals surface area contributed by atoms with Crippen molar-refractivity contribution in [2.24, 2.45) is 5.92 Å². The van der Waals surface area contributed by atoms with E-state index < -0.39 is 6.43 Å². The fourth-order valence-corrected chi connectivity index (χ4v) is 6.10. The van der Waals surface area contributed by atoms with Crippen LogP contribution >= 0.6 is 0 Å². The van der Waals surface area contributed by atoms with E-state index in [-0.39, 0.29) is 35.7 Å². The van der Waals surface area contributed by atoms with Gasteiger partial charge in [-0.3, -0.25) is 9.36 Å². The third-order valence-corrected chi connectivity index (χ3v) is 8.32. The number of carbonyl (C=O) groups excluding carboxylic acids is 1. The number of fused-ring (bicyclic) bond motifs is 1. The Morgan fingerprint density at radius 3 is 2.54 bits per heavy atom. The largest absolute Gasteiger partial charge is 0.474 e. The number of rotatable bonds is 7. The van der Waals surface area contributed by atoms with E-state index in [1.165, 1.54) is 4.57 Å². The van der Waals surface area contributed by atoms with Crippen molar-refractivity contribution in [1.82, 2.24) is 24.4 Å². The van der Waals surface area contributed by atoms with Gasteiger partial charge in [0.15, 0.2) is 5.82 Å². The lowest BCUT2D eigenvalue weighted by molar-refractivity contribution is -0.140. The fraction of sp³-hybridized carbons (Fsp3) is 0.586. The number of amides is 1. The minimum atomic E-state index is -2.79. The number of anilines is 1. The van der Waals surface area contributed by atoms with Gasteiger partial charge in [0.05, 0.1) is 30.4 Å². The van der Waals surface area contributed by atoms with Crippen LogP contribution in [0.4, 0.5) is 14.7 Å². The van der Waals surface area contributed by atoms with Crippen LogP contribution in [0, 0.1) is 5.92 Å². The maximum absolute atomic E-state index is 14.1. The van der Waals surface area contributed by atoms with E-state index >= 15 is 0 Å². The highest BCUT2D eigenvalue weighted by atomic mass is 19.3. The molecule has 220 valence electrons. The van der Waals surface area contributed by atoms with Crippen molar-refractivity contribution in [3.05, 3.63) is 36.2 Å². The molecule has 0 radical (unpaired) electrons. The molecule has 2 aliphatic heterocycles. The molecular weight excluding hydrogens is 534 g/mol. The zero-order valence-corrected chi connectivity index (χ0v) is 23.3. The predicted molar refractivity (Wildman–Crippen MR) is 148 cm³/mol. The number of alkyl halides is 2. The molecular formula is C29H36F2N6O4. The van der Waals surface area contributed by atoms with Crippen LogP contribution in [0.3, 0.4) is 0 Å². The molecule has 0 N–H and O–H groups in total. The van der Waals surface area contributed by atoms with Crippen LogP contribution < -0.4 is 9.64 Å². The number of morpholine rings is 1. The number of para-hydroxylation sites is 2. The van der Waals surface area contributed by atoms with Gasteiger partial charge in [-0.1, -0.05) is 12.1 Å². The molecule has 1 aromatic carbocycles. The molecule has 6 rings (SSSR count). The first-order valence-electron chi connectivity index (χ1n) is 14.5. The van der Waals surface area contributed by atoms with Gasteiger partial charge >= 0.3 is 0 Å². The Balaban J connectivity index is 1.23. The number of ether oxygens (including phenoxy) is 3. The number of likely N-dealkylation sites (tertiary alicyclic amines) is 1. The number of imidazole rings is 1. The lowest BCUT2D eigenvalue weighted by Gasteiger charge is -2.36. The third kappa shape index (κ3) is 5.99. The smallest absolute Gasteiger partial charge is 0.296 e. The first-order chi connectivity index (χ1) is 20.0. The quantitative estimate of drug-likeness (QED) is 0.418. The normalized spacial score (nSPS) is 23.8. The SMILES string of the molecule is COC1CCCN(C(=O)C2CCC(Oc3cc(-n4c(C(F)F)nc5ccccc54)nc(N4CCOCC4)n3)CC2)C1. The lowest BCUT2D eigenvalue weighted by atomic mass is 9.86. The van der Waals surface area contributed by atoms with E-state index in [1.54, 1.807) is 37.4 Å². The van der Waals surface area contributed by atoms with Crippen LogP contribution in [0.1, 0.15) is 50.8 Å². The van der Waals surface area contributed by atoms with Gasteiger partial charge in [0.1, 0.15) is 11.9 Å². The fourth-order valence-electron chi connectivity index (χ4n) is 6.10. The standard InChI is InChI=1S/C29H36F2N6O4/c1-39-21-5-4-12-36(18-21)28(38)19-8-10-20(11-9-19)41-25-17-24(33-29(34-25)35-13-15-40-16-14-35)37-23-7-3-2-6-22(23)32-27(37)26(30)31/h2-3,6-7,17,19-21,26H,4-5,8-16,18H2,1H3. The molecule has 41 heavy (non-hydrogen) atoms. The molecule has 1 saturated carbocycles. The summed E-state index contributed by atoms with van der Waals surface area (Å²) in [7, 11) is 1.70. The number of halogens is 2.